The van der Waals surface area contributed by atoms with Crippen LogP contribution in [0.3, 0.4) is 0 Å². The molecule has 0 aliphatic heterocycles. The van der Waals surface area contributed by atoms with Crippen LogP contribution in [0.1, 0.15) is 5.89 Å². The lowest BCUT2D eigenvalue weighted by atomic mass is 10.2. The Morgan fingerprint density at radius 2 is 2.04 bits per heavy atom. The summed E-state index contributed by atoms with van der Waals surface area (Å²) in [7, 11) is 0. The molecule has 0 aliphatic rings. The lowest BCUT2D eigenvalue weighted by Gasteiger charge is -1.95. The second-order valence-corrected chi connectivity index (χ2v) is 4.88. The Hall–Kier alpha value is -3.29. The normalized spacial score (nSPS) is 11.2. The molecule has 0 atom stereocenters. The summed E-state index contributed by atoms with van der Waals surface area (Å²) in [5, 5.41) is 11.9. The average molecular weight is 311 g/mol. The number of benzene rings is 1. The molecule has 4 rings (SSSR count). The molecule has 7 nitrogen and oxygen atoms in total. The van der Waals surface area contributed by atoms with Gasteiger partial charge < -0.3 is 4.42 Å². The van der Waals surface area contributed by atoms with Crippen LogP contribution in [0.25, 0.3) is 17.1 Å². The van der Waals surface area contributed by atoms with Crippen LogP contribution in [0, 0.1) is 5.82 Å². The summed E-state index contributed by atoms with van der Waals surface area (Å²) >= 11 is 0. The first-order chi connectivity index (χ1) is 11.2. The highest BCUT2D eigenvalue weighted by molar-refractivity contribution is 5.52. The minimum absolute atomic E-state index is 0.0445. The van der Waals surface area contributed by atoms with E-state index in [1.165, 1.54) is 21.2 Å². The minimum Gasteiger partial charge on any atom is -0.419 e. The number of halogens is 1. The first-order valence-electron chi connectivity index (χ1n) is 6.83. The van der Waals surface area contributed by atoms with Gasteiger partial charge in [0.15, 0.2) is 5.65 Å². The second-order valence-electron chi connectivity index (χ2n) is 4.88. The average Bonchev–Trinajstić information content (AvgIpc) is 3.14. The van der Waals surface area contributed by atoms with E-state index >= 15 is 0 Å². The molecule has 0 radical (unpaired) electrons. The van der Waals surface area contributed by atoms with E-state index in [9.17, 15) is 9.18 Å². The maximum absolute atomic E-state index is 13.2. The largest absolute Gasteiger partial charge is 0.419 e. The maximum atomic E-state index is 13.2. The highest BCUT2D eigenvalue weighted by Crippen LogP contribution is 2.18. The van der Waals surface area contributed by atoms with Crippen molar-refractivity contribution < 1.29 is 8.81 Å². The third kappa shape index (κ3) is 2.39. The van der Waals surface area contributed by atoms with Crippen LogP contribution in [0.4, 0.5) is 4.39 Å². The number of rotatable bonds is 3. The Kier molecular flexibility index (Phi) is 3.00. The Balaban J connectivity index is 1.67. The van der Waals surface area contributed by atoms with Crippen molar-refractivity contribution in [3.8, 4) is 11.5 Å². The van der Waals surface area contributed by atoms with Crippen LogP contribution in [0.5, 0.6) is 0 Å². The van der Waals surface area contributed by atoms with Crippen molar-refractivity contribution in [3.05, 3.63) is 70.9 Å². The van der Waals surface area contributed by atoms with E-state index in [0.29, 0.717) is 11.2 Å². The third-order valence-corrected chi connectivity index (χ3v) is 3.31. The maximum Gasteiger partial charge on any atom is 0.350 e. The summed E-state index contributed by atoms with van der Waals surface area (Å²) in [6, 6.07) is 11.1. The quantitative estimate of drug-likeness (QED) is 0.576. The van der Waals surface area contributed by atoms with Crippen LogP contribution in [-0.2, 0) is 6.54 Å². The number of hydrogen-bond acceptors (Lipinski definition) is 5. The third-order valence-electron chi connectivity index (χ3n) is 3.31. The van der Waals surface area contributed by atoms with E-state index < -0.39 is 0 Å². The zero-order chi connectivity index (χ0) is 15.8. The van der Waals surface area contributed by atoms with Gasteiger partial charge in [0, 0.05) is 11.8 Å². The number of fused-ring (bicyclic) bond motifs is 1. The molecular weight excluding hydrogens is 301 g/mol. The molecule has 0 unspecified atom stereocenters. The molecule has 4 aromatic rings. The van der Waals surface area contributed by atoms with Gasteiger partial charge in [-0.3, -0.25) is 4.40 Å². The van der Waals surface area contributed by atoms with Gasteiger partial charge in [-0.25, -0.2) is 13.9 Å². The lowest BCUT2D eigenvalue weighted by molar-refractivity contribution is 0.468. The first-order valence-corrected chi connectivity index (χ1v) is 6.83. The van der Waals surface area contributed by atoms with Crippen LogP contribution in [0.2, 0.25) is 0 Å². The van der Waals surface area contributed by atoms with Crippen LogP contribution in [-0.4, -0.2) is 24.4 Å². The van der Waals surface area contributed by atoms with E-state index in [1.54, 1.807) is 36.5 Å². The summed E-state index contributed by atoms with van der Waals surface area (Å²) in [4.78, 5) is 12.2. The molecule has 0 spiro atoms. The number of pyridine rings is 1. The van der Waals surface area contributed by atoms with Gasteiger partial charge in [0.2, 0.25) is 11.8 Å². The van der Waals surface area contributed by atoms with Crippen molar-refractivity contribution in [2.75, 3.05) is 0 Å². The van der Waals surface area contributed by atoms with Crippen molar-refractivity contribution in [2.45, 2.75) is 6.54 Å². The Morgan fingerprint density at radius 3 is 2.87 bits per heavy atom. The molecule has 3 aromatic heterocycles. The molecular formula is C15H10FN5O2. The summed E-state index contributed by atoms with van der Waals surface area (Å²) in [5.74, 6) is 0.0184. The van der Waals surface area contributed by atoms with Crippen molar-refractivity contribution in [3.63, 3.8) is 0 Å². The molecule has 0 saturated carbocycles. The van der Waals surface area contributed by atoms with Gasteiger partial charge in [-0.05, 0) is 30.3 Å². The van der Waals surface area contributed by atoms with Crippen LogP contribution in [0.15, 0.2) is 57.9 Å². The predicted octanol–water partition coefficient (Wildman–Crippen LogP) is 1.73. The monoisotopic (exact) mass is 311 g/mol. The Labute approximate surface area is 128 Å². The smallest absolute Gasteiger partial charge is 0.350 e. The van der Waals surface area contributed by atoms with Gasteiger partial charge in [0.05, 0.1) is 0 Å². The number of aromatic nitrogens is 5. The molecule has 8 heteroatoms. The molecule has 0 saturated heterocycles. The van der Waals surface area contributed by atoms with Crippen molar-refractivity contribution in [1.29, 1.82) is 0 Å². The molecule has 0 amide bonds. The standard InChI is InChI=1S/C15H10FN5O2/c16-11-5-3-4-10(8-11)14-18-17-13(23-14)9-21-15(22)20-7-2-1-6-12(20)19-21/h1-8H,9H2. The van der Waals surface area contributed by atoms with E-state index in [4.69, 9.17) is 4.42 Å². The first kappa shape index (κ1) is 13.4. The van der Waals surface area contributed by atoms with Crippen molar-refractivity contribution in [2.24, 2.45) is 0 Å². The van der Waals surface area contributed by atoms with Gasteiger partial charge in [0.25, 0.3) is 0 Å². The topological polar surface area (TPSA) is 78.2 Å². The van der Waals surface area contributed by atoms with Crippen molar-refractivity contribution >= 4 is 5.65 Å². The van der Waals surface area contributed by atoms with Gasteiger partial charge in [0.1, 0.15) is 12.4 Å². The summed E-state index contributed by atoms with van der Waals surface area (Å²) in [6.07, 6.45) is 1.63. The SMILES string of the molecule is O=c1n(Cc2nnc(-c3cccc(F)c3)o2)nc2ccccn12. The van der Waals surface area contributed by atoms with Gasteiger partial charge in [-0.2, -0.15) is 0 Å². The highest BCUT2D eigenvalue weighted by Gasteiger charge is 2.13. The minimum atomic E-state index is -0.390. The zero-order valence-corrected chi connectivity index (χ0v) is 11.8. The van der Waals surface area contributed by atoms with Gasteiger partial charge >= 0.3 is 5.69 Å². The summed E-state index contributed by atoms with van der Waals surface area (Å²) < 4.78 is 21.4. The zero-order valence-electron chi connectivity index (χ0n) is 11.8. The van der Waals surface area contributed by atoms with Crippen LogP contribution < -0.4 is 5.69 Å². The molecule has 23 heavy (non-hydrogen) atoms. The number of nitrogens with zero attached hydrogens (tertiary/aromatic N) is 5. The Bertz CT molecular complexity index is 1050. The fourth-order valence-corrected chi connectivity index (χ4v) is 2.25. The van der Waals surface area contributed by atoms with E-state index in [0.717, 1.165) is 0 Å². The molecule has 1 aromatic carbocycles. The van der Waals surface area contributed by atoms with Crippen LogP contribution >= 0.6 is 0 Å². The van der Waals surface area contributed by atoms with Gasteiger partial charge in [-0.15, -0.1) is 15.3 Å². The number of hydrogen-bond donors (Lipinski definition) is 0. The second kappa shape index (κ2) is 5.16. The van der Waals surface area contributed by atoms with Crippen molar-refractivity contribution in [1.82, 2.24) is 24.4 Å². The predicted molar refractivity (Wildman–Crippen MR) is 78.2 cm³/mol. The summed E-state index contributed by atoms with van der Waals surface area (Å²) in [6.45, 7) is 0.0445. The molecule has 0 aliphatic carbocycles. The Morgan fingerprint density at radius 1 is 1.13 bits per heavy atom. The lowest BCUT2D eigenvalue weighted by Crippen LogP contribution is -2.21. The fourth-order valence-electron chi connectivity index (χ4n) is 2.25. The van der Waals surface area contributed by atoms with E-state index in [2.05, 4.69) is 15.3 Å². The molecule has 0 fully saturated rings. The molecule has 114 valence electrons. The highest BCUT2D eigenvalue weighted by atomic mass is 19.1. The molecule has 0 bridgehead atoms. The molecule has 3 heterocycles. The molecule has 0 N–H and O–H groups in total. The van der Waals surface area contributed by atoms with E-state index in [1.807, 2.05) is 0 Å². The van der Waals surface area contributed by atoms with Gasteiger partial charge in [-0.1, -0.05) is 12.1 Å². The fraction of sp³-hybridized carbons (Fsp3) is 0.0667. The van der Waals surface area contributed by atoms with E-state index in [-0.39, 0.29) is 29.8 Å². The summed E-state index contributed by atoms with van der Waals surface area (Å²) in [5.41, 5.74) is 0.708.